The molecule has 1 saturated carbocycles. The number of ether oxygens (including phenoxy) is 4. The average molecular weight is 733 g/mol. The van der Waals surface area contributed by atoms with Crippen LogP contribution in [0.15, 0.2) is 70.0 Å². The smallest absolute Gasteiger partial charge is 0.265 e. The largest absolute Gasteiger partial charge is 0.497 e. The Balaban J connectivity index is 1.78. The van der Waals surface area contributed by atoms with Crippen molar-refractivity contribution in [3.63, 3.8) is 0 Å². The molecule has 3 aromatic carbocycles. The van der Waals surface area contributed by atoms with Crippen LogP contribution in [0.4, 0.5) is 5.69 Å². The van der Waals surface area contributed by atoms with Gasteiger partial charge in [0.25, 0.3) is 10.0 Å². The molecule has 0 heterocycles. The number of benzene rings is 3. The number of hydrogen-bond donors (Lipinski definition) is 1. The Labute approximate surface area is 285 Å². The zero-order valence-corrected chi connectivity index (χ0v) is 29.7. The van der Waals surface area contributed by atoms with Crippen molar-refractivity contribution in [3.05, 3.63) is 70.7 Å². The summed E-state index contributed by atoms with van der Waals surface area (Å²) in [5.41, 5.74) is 0.843. The number of sulfonamides is 1. The standard InChI is InChI=1S/C34H42BrN3O8S/c1-23(34(40)36-26-12-7-6-8-13-26)37(21-24-10-9-11-25(35)18-24)33(39)22-38(29-19-27(43-2)14-16-30(29)44-3)47(41,42)28-15-17-31(45-4)32(20-28)46-5/h9-11,14-20,23,26H,6-8,12-13,21-22H2,1-5H3,(H,36,40). The zero-order chi connectivity index (χ0) is 34.1. The number of methoxy groups -OCH3 is 4. The lowest BCUT2D eigenvalue weighted by Crippen LogP contribution is -2.53. The third-order valence-corrected chi connectivity index (χ3v) is 10.5. The maximum atomic E-state index is 14.5. The Bertz CT molecular complexity index is 1660. The van der Waals surface area contributed by atoms with Crippen LogP contribution in [0.3, 0.4) is 0 Å². The number of nitrogens with zero attached hydrogens (tertiary/aromatic N) is 2. The highest BCUT2D eigenvalue weighted by molar-refractivity contribution is 9.10. The van der Waals surface area contributed by atoms with E-state index in [1.165, 1.54) is 57.6 Å². The zero-order valence-electron chi connectivity index (χ0n) is 27.3. The van der Waals surface area contributed by atoms with Crippen molar-refractivity contribution in [2.75, 3.05) is 39.3 Å². The average Bonchev–Trinajstić information content (AvgIpc) is 3.08. The number of hydrogen-bond acceptors (Lipinski definition) is 8. The number of carbonyl (C=O) groups excluding carboxylic acids is 2. The SMILES string of the molecule is COc1ccc(OC)c(N(CC(=O)N(Cc2cccc(Br)c2)C(C)C(=O)NC2CCCCC2)S(=O)(=O)c2ccc(OC)c(OC)c2)c1. The van der Waals surface area contributed by atoms with Gasteiger partial charge in [0.1, 0.15) is 24.1 Å². The molecular weight excluding hydrogens is 690 g/mol. The molecule has 1 aliphatic rings. The van der Waals surface area contributed by atoms with Gasteiger partial charge in [0.15, 0.2) is 11.5 Å². The van der Waals surface area contributed by atoms with Gasteiger partial charge < -0.3 is 29.2 Å². The van der Waals surface area contributed by atoms with Crippen LogP contribution in [-0.4, -0.2) is 72.2 Å². The molecule has 0 aliphatic heterocycles. The van der Waals surface area contributed by atoms with Crippen molar-refractivity contribution in [3.8, 4) is 23.0 Å². The summed E-state index contributed by atoms with van der Waals surface area (Å²) >= 11 is 3.48. The molecular formula is C34H42BrN3O8S. The minimum atomic E-state index is -4.44. The third-order valence-electron chi connectivity index (χ3n) is 8.24. The first-order valence-corrected chi connectivity index (χ1v) is 17.6. The minimum Gasteiger partial charge on any atom is -0.497 e. The second kappa shape index (κ2) is 16.2. The molecule has 3 aromatic rings. The Hall–Kier alpha value is -3.97. The molecule has 13 heteroatoms. The molecule has 1 unspecified atom stereocenters. The highest BCUT2D eigenvalue weighted by Gasteiger charge is 2.35. The Morgan fingerprint density at radius 2 is 1.55 bits per heavy atom. The van der Waals surface area contributed by atoms with E-state index in [0.29, 0.717) is 11.5 Å². The van der Waals surface area contributed by atoms with Crippen molar-refractivity contribution < 1.29 is 37.0 Å². The Morgan fingerprint density at radius 3 is 2.19 bits per heavy atom. The maximum absolute atomic E-state index is 14.5. The van der Waals surface area contributed by atoms with Crippen LogP contribution in [0.2, 0.25) is 0 Å². The van der Waals surface area contributed by atoms with Gasteiger partial charge in [0, 0.05) is 29.2 Å². The van der Waals surface area contributed by atoms with Gasteiger partial charge in [-0.25, -0.2) is 8.42 Å². The summed E-state index contributed by atoms with van der Waals surface area (Å²) in [6, 6.07) is 15.4. The molecule has 2 amide bonds. The van der Waals surface area contributed by atoms with Crippen molar-refractivity contribution in [1.82, 2.24) is 10.2 Å². The summed E-state index contributed by atoms with van der Waals surface area (Å²) in [4.78, 5) is 29.3. The normalized spacial score (nSPS) is 14.1. The van der Waals surface area contributed by atoms with Gasteiger partial charge in [-0.1, -0.05) is 47.3 Å². The second-order valence-electron chi connectivity index (χ2n) is 11.2. The molecule has 0 bridgehead atoms. The lowest BCUT2D eigenvalue weighted by Gasteiger charge is -2.33. The first-order valence-electron chi connectivity index (χ1n) is 15.3. The van der Waals surface area contributed by atoms with Crippen LogP contribution in [0, 0.1) is 0 Å². The predicted octanol–water partition coefficient (Wildman–Crippen LogP) is 5.55. The van der Waals surface area contributed by atoms with E-state index in [9.17, 15) is 18.0 Å². The van der Waals surface area contributed by atoms with Gasteiger partial charge in [0.05, 0.1) is 39.0 Å². The molecule has 0 radical (unpaired) electrons. The number of nitrogens with one attached hydrogen (secondary N) is 1. The summed E-state index contributed by atoms with van der Waals surface area (Å²) in [7, 11) is 1.27. The lowest BCUT2D eigenvalue weighted by molar-refractivity contribution is -0.139. The summed E-state index contributed by atoms with van der Waals surface area (Å²) in [6.07, 6.45) is 4.96. The lowest BCUT2D eigenvalue weighted by atomic mass is 9.95. The van der Waals surface area contributed by atoms with Crippen LogP contribution in [0.5, 0.6) is 23.0 Å². The summed E-state index contributed by atoms with van der Waals surface area (Å²) < 4.78 is 52.4. The van der Waals surface area contributed by atoms with E-state index >= 15 is 0 Å². The van der Waals surface area contributed by atoms with Crippen LogP contribution in [-0.2, 0) is 26.2 Å². The highest BCUT2D eigenvalue weighted by atomic mass is 79.9. The van der Waals surface area contributed by atoms with Gasteiger partial charge in [0.2, 0.25) is 11.8 Å². The molecule has 1 atom stereocenters. The monoisotopic (exact) mass is 731 g/mol. The molecule has 11 nitrogen and oxygen atoms in total. The second-order valence-corrected chi connectivity index (χ2v) is 14.0. The number of carbonyl (C=O) groups is 2. The number of rotatable bonds is 14. The van der Waals surface area contributed by atoms with E-state index in [0.717, 1.165) is 46.4 Å². The molecule has 0 saturated heterocycles. The minimum absolute atomic E-state index is 0.0319. The molecule has 0 aromatic heterocycles. The summed E-state index contributed by atoms with van der Waals surface area (Å²) in [5.74, 6) is 0.197. The van der Waals surface area contributed by atoms with E-state index in [4.69, 9.17) is 18.9 Å². The van der Waals surface area contributed by atoms with Gasteiger partial charge in [-0.2, -0.15) is 0 Å². The molecule has 4 rings (SSSR count). The molecule has 47 heavy (non-hydrogen) atoms. The first kappa shape index (κ1) is 35.9. The van der Waals surface area contributed by atoms with E-state index < -0.39 is 28.5 Å². The molecule has 0 spiro atoms. The van der Waals surface area contributed by atoms with Crippen LogP contribution < -0.4 is 28.6 Å². The van der Waals surface area contributed by atoms with Gasteiger partial charge in [-0.05, 0) is 61.7 Å². The van der Waals surface area contributed by atoms with Gasteiger partial charge in [-0.3, -0.25) is 13.9 Å². The Kier molecular flexibility index (Phi) is 12.4. The fourth-order valence-electron chi connectivity index (χ4n) is 5.59. The van der Waals surface area contributed by atoms with Crippen molar-refractivity contribution >= 4 is 43.5 Å². The van der Waals surface area contributed by atoms with Crippen LogP contribution in [0.1, 0.15) is 44.6 Å². The van der Waals surface area contributed by atoms with Crippen molar-refractivity contribution in [2.45, 2.75) is 62.6 Å². The number of amides is 2. The fourth-order valence-corrected chi connectivity index (χ4v) is 7.47. The fraction of sp³-hybridized carbons (Fsp3) is 0.412. The molecule has 254 valence electrons. The Morgan fingerprint density at radius 1 is 0.872 bits per heavy atom. The van der Waals surface area contributed by atoms with E-state index in [1.54, 1.807) is 19.1 Å². The van der Waals surface area contributed by atoms with Gasteiger partial charge in [-0.15, -0.1) is 0 Å². The van der Waals surface area contributed by atoms with Crippen LogP contribution >= 0.6 is 15.9 Å². The predicted molar refractivity (Wildman–Crippen MR) is 183 cm³/mol. The van der Waals surface area contributed by atoms with Gasteiger partial charge >= 0.3 is 0 Å². The quantitative estimate of drug-likeness (QED) is 0.229. The van der Waals surface area contributed by atoms with E-state index in [-0.39, 0.29) is 40.6 Å². The topological polar surface area (TPSA) is 124 Å². The van der Waals surface area contributed by atoms with Crippen LogP contribution in [0.25, 0.3) is 0 Å². The molecule has 1 N–H and O–H groups in total. The van der Waals surface area contributed by atoms with Crippen molar-refractivity contribution in [1.29, 1.82) is 0 Å². The van der Waals surface area contributed by atoms with E-state index in [2.05, 4.69) is 21.2 Å². The summed E-state index contributed by atoms with van der Waals surface area (Å²) in [6.45, 7) is 1.08. The third kappa shape index (κ3) is 8.69. The first-order chi connectivity index (χ1) is 22.5. The highest BCUT2D eigenvalue weighted by Crippen LogP contribution is 2.38. The van der Waals surface area contributed by atoms with E-state index in [1.807, 2.05) is 24.3 Å². The number of halogens is 1. The molecule has 1 aliphatic carbocycles. The summed E-state index contributed by atoms with van der Waals surface area (Å²) in [5, 5.41) is 3.11. The van der Waals surface area contributed by atoms with Crippen molar-refractivity contribution in [2.24, 2.45) is 0 Å². The number of anilines is 1. The molecule has 1 fully saturated rings. The maximum Gasteiger partial charge on any atom is 0.265 e.